The predicted molar refractivity (Wildman–Crippen MR) is 82.2 cm³/mol. The lowest BCUT2D eigenvalue weighted by atomic mass is 10.1. The van der Waals surface area contributed by atoms with E-state index in [9.17, 15) is 0 Å². The Hall–Kier alpha value is -2.23. The molecule has 0 aliphatic heterocycles. The summed E-state index contributed by atoms with van der Waals surface area (Å²) in [6.45, 7) is 8.63. The monoisotopic (exact) mass is 271 g/mol. The number of anilines is 1. The summed E-state index contributed by atoms with van der Waals surface area (Å²) in [6.07, 6.45) is 3.88. The number of nitrogens with one attached hydrogen (secondary N) is 1. The summed E-state index contributed by atoms with van der Waals surface area (Å²) in [5.74, 6) is 1.73. The van der Waals surface area contributed by atoms with E-state index in [4.69, 9.17) is 4.74 Å². The molecule has 4 heteroatoms. The van der Waals surface area contributed by atoms with Gasteiger partial charge in [-0.1, -0.05) is 18.2 Å². The van der Waals surface area contributed by atoms with Crippen molar-refractivity contribution < 1.29 is 4.74 Å². The molecule has 1 heterocycles. The average Bonchev–Trinajstić information content (AvgIpc) is 2.79. The number of ether oxygens (including phenoxy) is 1. The SMILES string of the molecule is C=CCn1cc(C)nc1NC(C)c1ccc(OC)cc1. The first kappa shape index (κ1) is 14.2. The zero-order chi connectivity index (χ0) is 14.5. The Morgan fingerprint density at radius 2 is 2.10 bits per heavy atom. The van der Waals surface area contributed by atoms with Crippen LogP contribution in [0.15, 0.2) is 43.1 Å². The summed E-state index contributed by atoms with van der Waals surface area (Å²) in [5, 5.41) is 3.43. The lowest BCUT2D eigenvalue weighted by Gasteiger charge is -2.16. The van der Waals surface area contributed by atoms with Crippen LogP contribution in [-0.4, -0.2) is 16.7 Å². The van der Waals surface area contributed by atoms with Crippen molar-refractivity contribution in [3.63, 3.8) is 0 Å². The summed E-state index contributed by atoms with van der Waals surface area (Å²) in [5.41, 5.74) is 2.19. The molecule has 0 aliphatic rings. The van der Waals surface area contributed by atoms with Gasteiger partial charge in [0.1, 0.15) is 5.75 Å². The number of aryl methyl sites for hydroxylation is 1. The number of nitrogens with zero attached hydrogens (tertiary/aromatic N) is 2. The van der Waals surface area contributed by atoms with Gasteiger partial charge >= 0.3 is 0 Å². The number of benzene rings is 1. The van der Waals surface area contributed by atoms with Crippen LogP contribution in [0.3, 0.4) is 0 Å². The van der Waals surface area contributed by atoms with E-state index < -0.39 is 0 Å². The van der Waals surface area contributed by atoms with Crippen molar-refractivity contribution >= 4 is 5.95 Å². The average molecular weight is 271 g/mol. The molecule has 1 aromatic heterocycles. The molecule has 106 valence electrons. The van der Waals surface area contributed by atoms with Gasteiger partial charge in [-0.05, 0) is 31.5 Å². The summed E-state index contributed by atoms with van der Waals surface area (Å²) in [6, 6.07) is 8.23. The molecule has 0 saturated heterocycles. The van der Waals surface area contributed by atoms with Crippen molar-refractivity contribution in [2.45, 2.75) is 26.4 Å². The standard InChI is InChI=1S/C16H21N3O/c1-5-10-19-11-12(2)17-16(19)18-13(3)14-6-8-15(20-4)9-7-14/h5-9,11,13H,1,10H2,2-4H3,(H,17,18). The molecular weight excluding hydrogens is 250 g/mol. The molecule has 0 fully saturated rings. The normalized spacial score (nSPS) is 11.9. The Bertz CT molecular complexity index is 572. The molecule has 20 heavy (non-hydrogen) atoms. The highest BCUT2D eigenvalue weighted by atomic mass is 16.5. The van der Waals surface area contributed by atoms with Crippen molar-refractivity contribution in [1.82, 2.24) is 9.55 Å². The van der Waals surface area contributed by atoms with E-state index in [-0.39, 0.29) is 6.04 Å². The van der Waals surface area contributed by atoms with Crippen LogP contribution in [-0.2, 0) is 6.54 Å². The highest BCUT2D eigenvalue weighted by Gasteiger charge is 2.10. The van der Waals surface area contributed by atoms with Crippen molar-refractivity contribution in [1.29, 1.82) is 0 Å². The van der Waals surface area contributed by atoms with E-state index in [1.165, 1.54) is 5.56 Å². The molecule has 1 unspecified atom stereocenters. The van der Waals surface area contributed by atoms with Crippen molar-refractivity contribution in [2.24, 2.45) is 0 Å². The minimum Gasteiger partial charge on any atom is -0.497 e. The van der Waals surface area contributed by atoms with Crippen LogP contribution < -0.4 is 10.1 Å². The van der Waals surface area contributed by atoms with Crippen LogP contribution in [0, 0.1) is 6.92 Å². The highest BCUT2D eigenvalue weighted by molar-refractivity contribution is 5.36. The second kappa shape index (κ2) is 6.28. The fraction of sp³-hybridized carbons (Fsp3) is 0.312. The van der Waals surface area contributed by atoms with Gasteiger partial charge in [-0.25, -0.2) is 4.98 Å². The van der Waals surface area contributed by atoms with E-state index in [0.717, 1.165) is 23.9 Å². The molecule has 0 amide bonds. The Balaban J connectivity index is 2.13. The predicted octanol–water partition coefficient (Wildman–Crippen LogP) is 3.56. The largest absolute Gasteiger partial charge is 0.497 e. The van der Waals surface area contributed by atoms with Gasteiger partial charge in [0.15, 0.2) is 0 Å². The van der Waals surface area contributed by atoms with Crippen LogP contribution in [0.1, 0.15) is 24.2 Å². The van der Waals surface area contributed by atoms with Crippen LogP contribution in [0.2, 0.25) is 0 Å². The third kappa shape index (κ3) is 3.20. The third-order valence-corrected chi connectivity index (χ3v) is 3.18. The summed E-state index contributed by atoms with van der Waals surface area (Å²) in [4.78, 5) is 4.51. The molecule has 0 aliphatic carbocycles. The molecule has 1 aromatic carbocycles. The second-order valence-corrected chi connectivity index (χ2v) is 4.79. The van der Waals surface area contributed by atoms with Crippen LogP contribution in [0.25, 0.3) is 0 Å². The number of aromatic nitrogens is 2. The van der Waals surface area contributed by atoms with Gasteiger partial charge in [0.05, 0.1) is 18.8 Å². The quantitative estimate of drug-likeness (QED) is 0.816. The zero-order valence-electron chi connectivity index (χ0n) is 12.3. The minimum absolute atomic E-state index is 0.172. The Morgan fingerprint density at radius 1 is 1.40 bits per heavy atom. The van der Waals surface area contributed by atoms with E-state index in [1.54, 1.807) is 7.11 Å². The summed E-state index contributed by atoms with van der Waals surface area (Å²) < 4.78 is 7.23. The van der Waals surface area contributed by atoms with Crippen molar-refractivity contribution in [3.05, 3.63) is 54.4 Å². The second-order valence-electron chi connectivity index (χ2n) is 4.79. The number of hydrogen-bond donors (Lipinski definition) is 1. The zero-order valence-corrected chi connectivity index (χ0v) is 12.3. The Labute approximate surface area is 120 Å². The molecule has 1 N–H and O–H groups in total. The maximum Gasteiger partial charge on any atom is 0.203 e. The first-order valence-corrected chi connectivity index (χ1v) is 6.69. The van der Waals surface area contributed by atoms with E-state index in [1.807, 2.05) is 31.3 Å². The number of methoxy groups -OCH3 is 1. The number of imidazole rings is 1. The molecule has 0 bridgehead atoms. The van der Waals surface area contributed by atoms with E-state index in [0.29, 0.717) is 0 Å². The first-order chi connectivity index (χ1) is 9.63. The smallest absolute Gasteiger partial charge is 0.203 e. The molecule has 0 spiro atoms. The van der Waals surface area contributed by atoms with Gasteiger partial charge in [-0.15, -0.1) is 6.58 Å². The van der Waals surface area contributed by atoms with Crippen LogP contribution in [0.5, 0.6) is 5.75 Å². The van der Waals surface area contributed by atoms with Gasteiger partial charge < -0.3 is 14.6 Å². The maximum absolute atomic E-state index is 5.17. The number of rotatable bonds is 6. The minimum atomic E-state index is 0.172. The lowest BCUT2D eigenvalue weighted by Crippen LogP contribution is -2.11. The van der Waals surface area contributed by atoms with Gasteiger partial charge in [0.25, 0.3) is 0 Å². The summed E-state index contributed by atoms with van der Waals surface area (Å²) in [7, 11) is 1.67. The molecule has 0 radical (unpaired) electrons. The molecular formula is C16H21N3O. The van der Waals surface area contributed by atoms with Crippen LogP contribution in [0.4, 0.5) is 5.95 Å². The molecule has 0 saturated carbocycles. The molecule has 2 rings (SSSR count). The van der Waals surface area contributed by atoms with Gasteiger partial charge in [0, 0.05) is 12.7 Å². The number of hydrogen-bond acceptors (Lipinski definition) is 3. The van der Waals surface area contributed by atoms with Gasteiger partial charge in [-0.3, -0.25) is 0 Å². The lowest BCUT2D eigenvalue weighted by molar-refractivity contribution is 0.414. The Kier molecular flexibility index (Phi) is 4.45. The summed E-state index contributed by atoms with van der Waals surface area (Å²) >= 11 is 0. The van der Waals surface area contributed by atoms with E-state index >= 15 is 0 Å². The fourth-order valence-electron chi connectivity index (χ4n) is 2.11. The van der Waals surface area contributed by atoms with Gasteiger partial charge in [-0.2, -0.15) is 0 Å². The molecule has 1 atom stereocenters. The van der Waals surface area contributed by atoms with Crippen LogP contribution >= 0.6 is 0 Å². The van der Waals surface area contributed by atoms with Crippen molar-refractivity contribution in [2.75, 3.05) is 12.4 Å². The fourth-order valence-corrected chi connectivity index (χ4v) is 2.11. The topological polar surface area (TPSA) is 39.1 Å². The number of allylic oxidation sites excluding steroid dienone is 1. The third-order valence-electron chi connectivity index (χ3n) is 3.18. The van der Waals surface area contributed by atoms with E-state index in [2.05, 4.69) is 40.5 Å². The first-order valence-electron chi connectivity index (χ1n) is 6.69. The molecule has 2 aromatic rings. The van der Waals surface area contributed by atoms with Crippen molar-refractivity contribution in [3.8, 4) is 5.75 Å². The molecule has 4 nitrogen and oxygen atoms in total. The maximum atomic E-state index is 5.17. The Morgan fingerprint density at radius 3 is 2.70 bits per heavy atom. The highest BCUT2D eigenvalue weighted by Crippen LogP contribution is 2.21. The van der Waals surface area contributed by atoms with Gasteiger partial charge in [0.2, 0.25) is 5.95 Å².